The Kier molecular flexibility index (Phi) is 7.77. The van der Waals surface area contributed by atoms with Gasteiger partial charge in [0.05, 0.1) is 10.9 Å². The first-order valence-electron chi connectivity index (χ1n) is 9.46. The van der Waals surface area contributed by atoms with Crippen LogP contribution in [0.3, 0.4) is 0 Å². The number of halogens is 1. The molecular weight excluding hydrogens is 349 g/mol. The maximum Gasteiger partial charge on any atom is 0.237 e. The molecule has 4 nitrogen and oxygen atoms in total. The fourth-order valence-electron chi connectivity index (χ4n) is 3.43. The Morgan fingerprint density at radius 1 is 1.35 bits per heavy atom. The van der Waals surface area contributed by atoms with Crippen molar-refractivity contribution in [3.8, 4) is 0 Å². The van der Waals surface area contributed by atoms with Gasteiger partial charge in [-0.3, -0.25) is 4.79 Å². The van der Waals surface area contributed by atoms with Crippen molar-refractivity contribution in [1.82, 2.24) is 4.90 Å². The number of hydrogen-bond acceptors (Lipinski definition) is 4. The Morgan fingerprint density at radius 2 is 2.00 bits per heavy atom. The van der Waals surface area contributed by atoms with Gasteiger partial charge in [-0.25, -0.2) is 4.39 Å². The van der Waals surface area contributed by atoms with Gasteiger partial charge in [0.15, 0.2) is 0 Å². The molecule has 1 N–H and O–H groups in total. The van der Waals surface area contributed by atoms with Crippen LogP contribution in [0.25, 0.3) is 0 Å². The third kappa shape index (κ3) is 5.36. The minimum absolute atomic E-state index is 0.0502. The Bertz CT molecular complexity index is 601. The molecule has 0 radical (unpaired) electrons. The molecule has 1 aliphatic rings. The quantitative estimate of drug-likeness (QED) is 0.772. The van der Waals surface area contributed by atoms with Crippen molar-refractivity contribution >= 4 is 29.0 Å². The zero-order valence-electron chi connectivity index (χ0n) is 16.6. The van der Waals surface area contributed by atoms with Gasteiger partial charge >= 0.3 is 0 Å². The van der Waals surface area contributed by atoms with E-state index in [1.165, 1.54) is 6.07 Å². The van der Waals surface area contributed by atoms with Crippen molar-refractivity contribution in [2.75, 3.05) is 43.2 Å². The molecule has 1 fully saturated rings. The topological polar surface area (TPSA) is 35.6 Å². The predicted molar refractivity (Wildman–Crippen MR) is 111 cm³/mol. The summed E-state index contributed by atoms with van der Waals surface area (Å²) in [7, 11) is 4.19. The summed E-state index contributed by atoms with van der Waals surface area (Å²) in [5.41, 5.74) is 1.16. The number of nitrogens with zero attached hydrogens (tertiary/aromatic N) is 2. The van der Waals surface area contributed by atoms with Crippen LogP contribution in [0.15, 0.2) is 18.2 Å². The Morgan fingerprint density at radius 3 is 2.50 bits per heavy atom. The van der Waals surface area contributed by atoms with Gasteiger partial charge in [-0.15, -0.1) is 11.8 Å². The van der Waals surface area contributed by atoms with Gasteiger partial charge in [-0.05, 0) is 56.8 Å². The average Bonchev–Trinajstić information content (AvgIpc) is 2.59. The second kappa shape index (κ2) is 9.60. The van der Waals surface area contributed by atoms with E-state index < -0.39 is 0 Å². The number of nitrogens with one attached hydrogen (secondary N) is 1. The largest absolute Gasteiger partial charge is 0.369 e. The van der Waals surface area contributed by atoms with E-state index in [4.69, 9.17) is 0 Å². The Hall–Kier alpha value is -1.27. The lowest BCUT2D eigenvalue weighted by molar-refractivity contribution is -0.116. The van der Waals surface area contributed by atoms with Crippen molar-refractivity contribution in [2.24, 2.45) is 5.92 Å². The summed E-state index contributed by atoms with van der Waals surface area (Å²) in [5.74, 6) is 0.801. The number of carbonyl (C=O) groups excluding carboxylic acids is 1. The van der Waals surface area contributed by atoms with Crippen molar-refractivity contribution < 1.29 is 9.18 Å². The van der Waals surface area contributed by atoms with Crippen LogP contribution in [0.2, 0.25) is 0 Å². The highest BCUT2D eigenvalue weighted by molar-refractivity contribution is 8.00. The minimum atomic E-state index is -0.268. The second-order valence-corrected chi connectivity index (χ2v) is 8.88. The molecule has 6 heteroatoms. The van der Waals surface area contributed by atoms with Crippen LogP contribution >= 0.6 is 11.8 Å². The van der Waals surface area contributed by atoms with Crippen LogP contribution < -0.4 is 10.2 Å². The molecule has 1 atom stereocenters. The summed E-state index contributed by atoms with van der Waals surface area (Å²) >= 11 is 1.63. The van der Waals surface area contributed by atoms with Gasteiger partial charge < -0.3 is 15.1 Å². The number of anilines is 2. The SMILES string of the molecule is CCSC(C(=O)Nc1ccc(N2CCC(N(C)C)CC2)c(F)c1)C(C)C. The molecule has 1 amide bonds. The van der Waals surface area contributed by atoms with Crippen molar-refractivity contribution in [3.05, 3.63) is 24.0 Å². The van der Waals surface area contributed by atoms with Crippen LogP contribution in [0.5, 0.6) is 0 Å². The fourth-order valence-corrected chi connectivity index (χ4v) is 4.38. The molecular formula is C20H32FN3OS. The van der Waals surface area contributed by atoms with E-state index in [1.807, 2.05) is 26.8 Å². The lowest BCUT2D eigenvalue weighted by Crippen LogP contribution is -2.42. The first kappa shape index (κ1) is 21.0. The number of carbonyl (C=O) groups is 1. The molecule has 1 aromatic rings. The number of benzene rings is 1. The third-order valence-electron chi connectivity index (χ3n) is 4.96. The average molecular weight is 382 g/mol. The molecule has 1 unspecified atom stereocenters. The van der Waals surface area contributed by atoms with E-state index in [2.05, 4.69) is 29.2 Å². The number of hydrogen-bond donors (Lipinski definition) is 1. The summed E-state index contributed by atoms with van der Waals surface area (Å²) < 4.78 is 14.6. The molecule has 0 aliphatic carbocycles. The molecule has 1 heterocycles. The van der Waals surface area contributed by atoms with Gasteiger partial charge in [0, 0.05) is 24.8 Å². The van der Waals surface area contributed by atoms with Crippen LogP contribution in [0.4, 0.5) is 15.8 Å². The maximum absolute atomic E-state index is 14.6. The van der Waals surface area contributed by atoms with Crippen molar-refractivity contribution in [2.45, 2.75) is 44.9 Å². The zero-order valence-corrected chi connectivity index (χ0v) is 17.4. The summed E-state index contributed by atoms with van der Waals surface area (Å²) in [5, 5.41) is 2.76. The Balaban J connectivity index is 2.02. The molecule has 0 spiro atoms. The van der Waals surface area contributed by atoms with Crippen molar-refractivity contribution in [1.29, 1.82) is 0 Å². The summed E-state index contributed by atoms with van der Waals surface area (Å²) in [4.78, 5) is 16.8. The molecule has 1 saturated heterocycles. The van der Waals surface area contributed by atoms with Gasteiger partial charge in [-0.2, -0.15) is 0 Å². The molecule has 26 heavy (non-hydrogen) atoms. The summed E-state index contributed by atoms with van der Waals surface area (Å²) in [6.07, 6.45) is 2.07. The molecule has 146 valence electrons. The van der Waals surface area contributed by atoms with Gasteiger partial charge in [0.2, 0.25) is 5.91 Å². The molecule has 1 aliphatic heterocycles. The highest BCUT2D eigenvalue weighted by atomic mass is 32.2. The highest BCUT2D eigenvalue weighted by Gasteiger charge is 2.24. The maximum atomic E-state index is 14.6. The van der Waals surface area contributed by atoms with Gasteiger partial charge in [-0.1, -0.05) is 20.8 Å². The normalized spacial score (nSPS) is 17.0. The van der Waals surface area contributed by atoms with E-state index in [9.17, 15) is 9.18 Å². The van der Waals surface area contributed by atoms with Gasteiger partial charge in [0.1, 0.15) is 5.82 Å². The molecule has 0 aromatic heterocycles. The van der Waals surface area contributed by atoms with Crippen LogP contribution in [0, 0.1) is 11.7 Å². The standard InChI is InChI=1S/C20H32FN3OS/c1-6-26-19(14(2)3)20(25)22-15-7-8-18(17(21)13-15)24-11-9-16(10-12-24)23(4)5/h7-8,13-14,16,19H,6,9-12H2,1-5H3,(H,22,25). The minimum Gasteiger partial charge on any atom is -0.369 e. The molecule has 1 aromatic carbocycles. The number of piperidine rings is 1. The molecule has 0 saturated carbocycles. The number of amides is 1. The molecule has 2 rings (SSSR count). The van der Waals surface area contributed by atoms with E-state index in [1.54, 1.807) is 17.8 Å². The van der Waals surface area contributed by atoms with Crippen molar-refractivity contribution in [3.63, 3.8) is 0 Å². The van der Waals surface area contributed by atoms with E-state index in [0.29, 0.717) is 17.4 Å². The number of rotatable bonds is 7. The first-order chi connectivity index (χ1) is 12.3. The lowest BCUT2D eigenvalue weighted by Gasteiger charge is -2.36. The summed E-state index contributed by atoms with van der Waals surface area (Å²) in [6, 6.07) is 5.61. The fraction of sp³-hybridized carbons (Fsp3) is 0.650. The van der Waals surface area contributed by atoms with Crippen LogP contribution in [0.1, 0.15) is 33.6 Å². The third-order valence-corrected chi connectivity index (χ3v) is 6.41. The van der Waals surface area contributed by atoms with E-state index >= 15 is 0 Å². The van der Waals surface area contributed by atoms with E-state index in [0.717, 1.165) is 31.7 Å². The lowest BCUT2D eigenvalue weighted by atomic mass is 10.0. The second-order valence-electron chi connectivity index (χ2n) is 7.46. The number of thioether (sulfide) groups is 1. The van der Waals surface area contributed by atoms with Crippen LogP contribution in [-0.4, -0.2) is 55.0 Å². The monoisotopic (exact) mass is 381 g/mol. The van der Waals surface area contributed by atoms with E-state index in [-0.39, 0.29) is 22.9 Å². The zero-order chi connectivity index (χ0) is 19.3. The molecule has 0 bridgehead atoms. The summed E-state index contributed by atoms with van der Waals surface area (Å²) in [6.45, 7) is 7.82. The highest BCUT2D eigenvalue weighted by Crippen LogP contribution is 2.28. The Labute approximate surface area is 161 Å². The first-order valence-corrected chi connectivity index (χ1v) is 10.5. The smallest absolute Gasteiger partial charge is 0.237 e. The van der Waals surface area contributed by atoms with Crippen LogP contribution in [-0.2, 0) is 4.79 Å². The van der Waals surface area contributed by atoms with Gasteiger partial charge in [0.25, 0.3) is 0 Å². The predicted octanol–water partition coefficient (Wildman–Crippen LogP) is 4.07.